The summed E-state index contributed by atoms with van der Waals surface area (Å²) in [6.07, 6.45) is 0.973. The molecule has 0 fully saturated rings. The first-order valence-corrected chi connectivity index (χ1v) is 7.17. The molecule has 0 spiro atoms. The van der Waals surface area contributed by atoms with Crippen LogP contribution in [0.15, 0.2) is 24.3 Å². The van der Waals surface area contributed by atoms with Crippen LogP contribution in [-0.2, 0) is 11.3 Å². The predicted octanol–water partition coefficient (Wildman–Crippen LogP) is 3.91. The zero-order valence-corrected chi connectivity index (χ0v) is 13.3. The second-order valence-electron chi connectivity index (χ2n) is 5.18. The van der Waals surface area contributed by atoms with Crippen molar-refractivity contribution in [2.24, 2.45) is 0 Å². The lowest BCUT2D eigenvalue weighted by Gasteiger charge is -2.28. The number of aryl methyl sites for hydroxylation is 1. The van der Waals surface area contributed by atoms with Crippen molar-refractivity contribution in [2.45, 2.75) is 45.0 Å². The molecule has 0 aliphatic rings. The number of amides is 1. The van der Waals surface area contributed by atoms with E-state index in [1.807, 2.05) is 18.7 Å². The molecule has 0 radical (unpaired) electrons. The number of halogens is 1. The van der Waals surface area contributed by atoms with Crippen LogP contribution >= 0.6 is 15.9 Å². The molecule has 0 heterocycles. The summed E-state index contributed by atoms with van der Waals surface area (Å²) in [7, 11) is 0. The third-order valence-corrected chi connectivity index (χ3v) is 3.12. The molecule has 0 unspecified atom stereocenters. The second kappa shape index (κ2) is 6.37. The highest BCUT2D eigenvalue weighted by molar-refractivity contribution is 9.10. The van der Waals surface area contributed by atoms with Gasteiger partial charge in [0.15, 0.2) is 0 Å². The number of carbonyl (C=O) groups excluding carboxylic acids is 1. The van der Waals surface area contributed by atoms with Crippen LogP contribution in [0.1, 0.15) is 38.3 Å². The van der Waals surface area contributed by atoms with Gasteiger partial charge in [0, 0.05) is 13.1 Å². The number of hydrogen-bond acceptors (Lipinski definition) is 1. The van der Waals surface area contributed by atoms with Gasteiger partial charge in [-0.05, 0) is 32.8 Å². The Morgan fingerprint density at radius 2 is 1.83 bits per heavy atom. The van der Waals surface area contributed by atoms with E-state index in [0.29, 0.717) is 6.54 Å². The van der Waals surface area contributed by atoms with Gasteiger partial charge < -0.3 is 4.90 Å². The molecular weight excluding hydrogens is 290 g/mol. The average molecular weight is 312 g/mol. The largest absolute Gasteiger partial charge is 0.337 e. The zero-order chi connectivity index (χ0) is 13.8. The van der Waals surface area contributed by atoms with Crippen LogP contribution < -0.4 is 0 Å². The van der Waals surface area contributed by atoms with E-state index < -0.39 is 4.32 Å². The van der Waals surface area contributed by atoms with Gasteiger partial charge in [-0.25, -0.2) is 0 Å². The first-order chi connectivity index (χ1) is 8.34. The van der Waals surface area contributed by atoms with E-state index >= 15 is 0 Å². The molecule has 0 bridgehead atoms. The molecule has 0 aromatic heterocycles. The molecule has 1 rings (SSSR count). The quantitative estimate of drug-likeness (QED) is 0.755. The molecule has 0 saturated heterocycles. The van der Waals surface area contributed by atoms with Crippen LogP contribution in [0.4, 0.5) is 0 Å². The lowest BCUT2D eigenvalue weighted by atomic mass is 10.1. The Morgan fingerprint density at radius 1 is 1.28 bits per heavy atom. The fourth-order valence-corrected chi connectivity index (χ4v) is 2.06. The van der Waals surface area contributed by atoms with Gasteiger partial charge in [-0.3, -0.25) is 4.79 Å². The summed E-state index contributed by atoms with van der Waals surface area (Å²) in [6.45, 7) is 9.43. The molecule has 1 amide bonds. The molecule has 1 aromatic rings. The number of rotatable bonds is 5. The summed E-state index contributed by atoms with van der Waals surface area (Å²) >= 11 is 3.45. The van der Waals surface area contributed by atoms with Gasteiger partial charge in [0.2, 0.25) is 5.91 Å². The molecule has 100 valence electrons. The Balaban J connectivity index is 2.80. The standard InChI is InChI=1S/C15H22BrNO/c1-5-10-17(14(18)15(3,4)16)11-13-8-6-12(2)7-9-13/h6-9H,5,10-11H2,1-4H3. The van der Waals surface area contributed by atoms with E-state index in [2.05, 4.69) is 54.0 Å². The van der Waals surface area contributed by atoms with Gasteiger partial charge >= 0.3 is 0 Å². The van der Waals surface area contributed by atoms with Gasteiger partial charge in [0.05, 0.1) is 4.32 Å². The monoisotopic (exact) mass is 311 g/mol. The number of benzene rings is 1. The maximum Gasteiger partial charge on any atom is 0.239 e. The van der Waals surface area contributed by atoms with Crippen LogP contribution in [0, 0.1) is 6.92 Å². The highest BCUT2D eigenvalue weighted by atomic mass is 79.9. The van der Waals surface area contributed by atoms with E-state index in [1.54, 1.807) is 0 Å². The van der Waals surface area contributed by atoms with Gasteiger partial charge in [-0.15, -0.1) is 0 Å². The average Bonchev–Trinajstić information content (AvgIpc) is 2.29. The highest BCUT2D eigenvalue weighted by Gasteiger charge is 2.28. The molecular formula is C15H22BrNO. The van der Waals surface area contributed by atoms with E-state index in [-0.39, 0.29) is 5.91 Å². The SMILES string of the molecule is CCCN(Cc1ccc(C)cc1)C(=O)C(C)(C)Br. The molecule has 0 saturated carbocycles. The summed E-state index contributed by atoms with van der Waals surface area (Å²) in [4.78, 5) is 14.2. The second-order valence-corrected chi connectivity index (χ2v) is 7.17. The van der Waals surface area contributed by atoms with E-state index in [9.17, 15) is 4.79 Å². The fourth-order valence-electron chi connectivity index (χ4n) is 1.81. The van der Waals surface area contributed by atoms with Crippen molar-refractivity contribution in [3.05, 3.63) is 35.4 Å². The summed E-state index contributed by atoms with van der Waals surface area (Å²) < 4.78 is -0.493. The van der Waals surface area contributed by atoms with E-state index in [0.717, 1.165) is 13.0 Å². The molecule has 2 nitrogen and oxygen atoms in total. The molecule has 3 heteroatoms. The Kier molecular flexibility index (Phi) is 5.39. The Labute approximate surface area is 119 Å². The van der Waals surface area contributed by atoms with Crippen LogP contribution in [0.5, 0.6) is 0 Å². The van der Waals surface area contributed by atoms with Crippen molar-refractivity contribution in [3.8, 4) is 0 Å². The topological polar surface area (TPSA) is 20.3 Å². The van der Waals surface area contributed by atoms with Crippen molar-refractivity contribution < 1.29 is 4.79 Å². The Hall–Kier alpha value is -0.830. The number of hydrogen-bond donors (Lipinski definition) is 0. The van der Waals surface area contributed by atoms with Crippen molar-refractivity contribution in [2.75, 3.05) is 6.54 Å². The normalized spacial score (nSPS) is 11.4. The lowest BCUT2D eigenvalue weighted by Crippen LogP contribution is -2.41. The molecule has 1 aromatic carbocycles. The first-order valence-electron chi connectivity index (χ1n) is 6.38. The summed E-state index contributed by atoms with van der Waals surface area (Å²) in [5, 5.41) is 0. The maximum atomic E-state index is 12.3. The molecule has 0 aliphatic heterocycles. The fraction of sp³-hybridized carbons (Fsp3) is 0.533. The zero-order valence-electron chi connectivity index (χ0n) is 11.7. The Morgan fingerprint density at radius 3 is 2.28 bits per heavy atom. The minimum Gasteiger partial charge on any atom is -0.337 e. The van der Waals surface area contributed by atoms with E-state index in [1.165, 1.54) is 11.1 Å². The summed E-state index contributed by atoms with van der Waals surface area (Å²) in [5.74, 6) is 0.143. The van der Waals surface area contributed by atoms with Crippen molar-refractivity contribution in [1.82, 2.24) is 4.90 Å². The highest BCUT2D eigenvalue weighted by Crippen LogP contribution is 2.21. The molecule has 18 heavy (non-hydrogen) atoms. The minimum absolute atomic E-state index is 0.143. The van der Waals surface area contributed by atoms with Gasteiger partial charge in [0.1, 0.15) is 0 Å². The van der Waals surface area contributed by atoms with E-state index in [4.69, 9.17) is 0 Å². The van der Waals surface area contributed by atoms with Gasteiger partial charge in [-0.2, -0.15) is 0 Å². The van der Waals surface area contributed by atoms with Crippen LogP contribution in [0.3, 0.4) is 0 Å². The van der Waals surface area contributed by atoms with Crippen molar-refractivity contribution >= 4 is 21.8 Å². The predicted molar refractivity (Wildman–Crippen MR) is 79.9 cm³/mol. The maximum absolute atomic E-state index is 12.3. The smallest absolute Gasteiger partial charge is 0.239 e. The van der Waals surface area contributed by atoms with Crippen LogP contribution in [0.2, 0.25) is 0 Å². The number of carbonyl (C=O) groups is 1. The number of nitrogens with zero attached hydrogens (tertiary/aromatic N) is 1. The molecule has 0 atom stereocenters. The third-order valence-electron chi connectivity index (χ3n) is 2.78. The molecule has 0 aliphatic carbocycles. The molecule has 0 N–H and O–H groups in total. The summed E-state index contributed by atoms with van der Waals surface area (Å²) in [6, 6.07) is 8.35. The lowest BCUT2D eigenvalue weighted by molar-refractivity contribution is -0.133. The van der Waals surface area contributed by atoms with Crippen LogP contribution in [-0.4, -0.2) is 21.7 Å². The third kappa shape index (κ3) is 4.45. The summed E-state index contributed by atoms with van der Waals surface area (Å²) in [5.41, 5.74) is 2.42. The van der Waals surface area contributed by atoms with Gasteiger partial charge in [-0.1, -0.05) is 52.7 Å². The minimum atomic E-state index is -0.493. The van der Waals surface area contributed by atoms with Gasteiger partial charge in [0.25, 0.3) is 0 Å². The van der Waals surface area contributed by atoms with Crippen molar-refractivity contribution in [1.29, 1.82) is 0 Å². The first kappa shape index (κ1) is 15.2. The number of alkyl halides is 1. The Bertz CT molecular complexity index is 392. The van der Waals surface area contributed by atoms with Crippen LogP contribution in [0.25, 0.3) is 0 Å². The van der Waals surface area contributed by atoms with Crippen molar-refractivity contribution in [3.63, 3.8) is 0 Å².